The summed E-state index contributed by atoms with van der Waals surface area (Å²) >= 11 is 10.0. The molecule has 1 saturated heterocycles. The highest BCUT2D eigenvalue weighted by Gasteiger charge is 2.19. The van der Waals surface area contributed by atoms with Gasteiger partial charge in [0.05, 0.1) is 9.60 Å². The van der Waals surface area contributed by atoms with E-state index in [1.807, 2.05) is 66.0 Å². The summed E-state index contributed by atoms with van der Waals surface area (Å²) in [5.74, 6) is 2.84. The molecule has 0 saturated carbocycles. The van der Waals surface area contributed by atoms with Gasteiger partial charge in [-0.05, 0) is 29.8 Å². The molecule has 8 heteroatoms. The molecule has 0 aliphatic carbocycles. The largest absolute Gasteiger partial charge is 0.289 e. The minimum Gasteiger partial charge on any atom is -0.289 e. The molecular weight excluding hydrogens is 388 g/mol. The molecule has 0 unspecified atom stereocenters. The van der Waals surface area contributed by atoms with E-state index in [2.05, 4.69) is 20.5 Å². The van der Waals surface area contributed by atoms with Crippen molar-refractivity contribution in [2.45, 2.75) is 4.58 Å². The maximum Gasteiger partial charge on any atom is 0.258 e. The summed E-state index contributed by atoms with van der Waals surface area (Å²) in [6, 6.07) is 15.0. The first-order valence-electron chi connectivity index (χ1n) is 8.02. The van der Waals surface area contributed by atoms with Gasteiger partial charge in [-0.1, -0.05) is 35.9 Å². The molecule has 3 aromatic rings. The minimum absolute atomic E-state index is 0.218. The zero-order valence-electron chi connectivity index (χ0n) is 13.6. The molecule has 2 N–H and O–H groups in total. The van der Waals surface area contributed by atoms with E-state index in [1.165, 1.54) is 17.1 Å². The smallest absolute Gasteiger partial charge is 0.258 e. The molecule has 4 rings (SSSR count). The zero-order valence-corrected chi connectivity index (χ0v) is 16.0. The Bertz CT molecular complexity index is 923. The number of hydrogen-bond acceptors (Lipinski definition) is 5. The molecule has 0 spiro atoms. The molecule has 132 valence electrons. The molecule has 0 atom stereocenters. The maximum atomic E-state index is 12.4. The lowest BCUT2D eigenvalue weighted by molar-refractivity contribution is 0.102. The fraction of sp³-hybridized carbons (Fsp3) is 0.167. The van der Waals surface area contributed by atoms with Crippen LogP contribution in [-0.4, -0.2) is 32.6 Å². The van der Waals surface area contributed by atoms with E-state index in [4.69, 9.17) is 11.6 Å². The van der Waals surface area contributed by atoms with Crippen LogP contribution in [0, 0.1) is 0 Å². The van der Waals surface area contributed by atoms with Crippen molar-refractivity contribution < 1.29 is 4.79 Å². The van der Waals surface area contributed by atoms with Crippen molar-refractivity contribution in [1.82, 2.24) is 15.2 Å². The number of benzene rings is 2. The highest BCUT2D eigenvalue weighted by atomic mass is 35.5. The predicted molar refractivity (Wildman–Crippen MR) is 109 cm³/mol. The highest BCUT2D eigenvalue weighted by Crippen LogP contribution is 2.45. The van der Waals surface area contributed by atoms with Crippen LogP contribution >= 0.6 is 35.1 Å². The van der Waals surface area contributed by atoms with Crippen molar-refractivity contribution >= 4 is 47.0 Å². The molecule has 26 heavy (non-hydrogen) atoms. The molecule has 0 radical (unpaired) electrons. The van der Waals surface area contributed by atoms with Gasteiger partial charge in [0.25, 0.3) is 5.91 Å². The van der Waals surface area contributed by atoms with Crippen LogP contribution in [-0.2, 0) is 0 Å². The molecule has 1 aliphatic heterocycles. The summed E-state index contributed by atoms with van der Waals surface area (Å²) in [5, 5.41) is 10.1. The van der Waals surface area contributed by atoms with Gasteiger partial charge in [0.1, 0.15) is 0 Å². The zero-order chi connectivity index (χ0) is 17.9. The molecule has 0 bridgehead atoms. The fourth-order valence-electron chi connectivity index (χ4n) is 2.61. The average Bonchev–Trinajstić information content (AvgIpc) is 3.34. The topological polar surface area (TPSA) is 70.7 Å². The number of amides is 1. The minimum atomic E-state index is -0.243. The van der Waals surface area contributed by atoms with Crippen LogP contribution in [0.25, 0.3) is 11.4 Å². The maximum absolute atomic E-state index is 12.4. The normalized spacial score (nSPS) is 14.5. The van der Waals surface area contributed by atoms with E-state index >= 15 is 0 Å². The molecule has 1 aliphatic rings. The summed E-state index contributed by atoms with van der Waals surface area (Å²) in [7, 11) is 0. The second-order valence-electron chi connectivity index (χ2n) is 5.64. The van der Waals surface area contributed by atoms with Gasteiger partial charge in [-0.3, -0.25) is 15.2 Å². The summed E-state index contributed by atoms with van der Waals surface area (Å²) in [6.45, 7) is 0. The van der Waals surface area contributed by atoms with Gasteiger partial charge in [0.2, 0.25) is 5.95 Å². The van der Waals surface area contributed by atoms with Gasteiger partial charge >= 0.3 is 0 Å². The lowest BCUT2D eigenvalue weighted by Crippen LogP contribution is -2.13. The second kappa shape index (κ2) is 7.73. The number of carbonyl (C=O) groups excluding carboxylic acids is 1. The number of nitrogens with zero attached hydrogens (tertiary/aromatic N) is 2. The van der Waals surface area contributed by atoms with Crippen LogP contribution in [0.5, 0.6) is 0 Å². The molecule has 2 heterocycles. The Labute approximate surface area is 164 Å². The van der Waals surface area contributed by atoms with Gasteiger partial charge in [0.15, 0.2) is 5.82 Å². The lowest BCUT2D eigenvalue weighted by Gasteiger charge is -2.08. The Morgan fingerprint density at radius 2 is 1.85 bits per heavy atom. The number of rotatable bonds is 4. The number of anilines is 1. The standard InChI is InChI=1S/C18H15ClN4OS2/c19-14-4-2-1-3-13(14)15-20-18(23-22-15)21-16(24)11-5-7-12(8-6-11)17-25-9-10-26-17/h1-8,17H,9-10H2,(H2,20,21,22,23,24). The van der Waals surface area contributed by atoms with Crippen LogP contribution in [0.4, 0.5) is 5.95 Å². The first kappa shape index (κ1) is 17.5. The van der Waals surface area contributed by atoms with Crippen molar-refractivity contribution in [3.8, 4) is 11.4 Å². The third kappa shape index (κ3) is 3.75. The predicted octanol–water partition coefficient (Wildman–Crippen LogP) is 4.86. The van der Waals surface area contributed by atoms with Crippen LogP contribution < -0.4 is 5.32 Å². The van der Waals surface area contributed by atoms with E-state index in [9.17, 15) is 4.79 Å². The monoisotopic (exact) mass is 402 g/mol. The van der Waals surface area contributed by atoms with Crippen molar-refractivity contribution in [1.29, 1.82) is 0 Å². The summed E-state index contributed by atoms with van der Waals surface area (Å²) in [4.78, 5) is 16.7. The van der Waals surface area contributed by atoms with E-state index in [0.717, 1.165) is 5.56 Å². The highest BCUT2D eigenvalue weighted by molar-refractivity contribution is 8.19. The molecular formula is C18H15ClN4OS2. The third-order valence-corrected chi connectivity index (χ3v) is 7.34. The van der Waals surface area contributed by atoms with Gasteiger partial charge in [-0.15, -0.1) is 28.6 Å². The van der Waals surface area contributed by atoms with E-state index < -0.39 is 0 Å². The van der Waals surface area contributed by atoms with E-state index in [0.29, 0.717) is 21.0 Å². The third-order valence-electron chi connectivity index (χ3n) is 3.91. The van der Waals surface area contributed by atoms with Crippen molar-refractivity contribution in [2.24, 2.45) is 0 Å². The number of nitrogens with one attached hydrogen (secondary N) is 2. The van der Waals surface area contributed by atoms with Gasteiger partial charge in [-0.2, -0.15) is 4.98 Å². The summed E-state index contributed by atoms with van der Waals surface area (Å²) in [6.07, 6.45) is 0. The average molecular weight is 403 g/mol. The van der Waals surface area contributed by atoms with Gasteiger partial charge < -0.3 is 0 Å². The van der Waals surface area contributed by atoms with Crippen LogP contribution in [0.3, 0.4) is 0 Å². The molecule has 5 nitrogen and oxygen atoms in total. The number of aromatic nitrogens is 3. The molecule has 1 fully saturated rings. The van der Waals surface area contributed by atoms with Gasteiger partial charge in [0, 0.05) is 22.6 Å². The second-order valence-corrected chi connectivity index (χ2v) is 8.77. The van der Waals surface area contributed by atoms with Crippen molar-refractivity contribution in [2.75, 3.05) is 16.8 Å². The SMILES string of the molecule is O=C(Nc1n[nH]c(-c2ccccc2Cl)n1)c1ccc(C2SCCS2)cc1. The van der Waals surface area contributed by atoms with Crippen molar-refractivity contribution in [3.05, 3.63) is 64.7 Å². The Hall–Kier alpha value is -1.96. The lowest BCUT2D eigenvalue weighted by atomic mass is 10.1. The van der Waals surface area contributed by atoms with Crippen LogP contribution in [0.15, 0.2) is 48.5 Å². The number of carbonyl (C=O) groups is 1. The first-order chi connectivity index (χ1) is 12.7. The van der Waals surface area contributed by atoms with Gasteiger partial charge in [-0.25, -0.2) is 0 Å². The Balaban J connectivity index is 1.46. The summed E-state index contributed by atoms with van der Waals surface area (Å²) < 4.78 is 0.471. The summed E-state index contributed by atoms with van der Waals surface area (Å²) in [5.41, 5.74) is 2.55. The quantitative estimate of drug-likeness (QED) is 0.652. The van der Waals surface area contributed by atoms with E-state index in [-0.39, 0.29) is 11.9 Å². The number of H-pyrrole nitrogens is 1. The fourth-order valence-corrected chi connectivity index (χ4v) is 5.69. The van der Waals surface area contributed by atoms with Crippen LogP contribution in [0.1, 0.15) is 20.5 Å². The molecule has 1 aromatic heterocycles. The Kier molecular flexibility index (Phi) is 5.19. The number of thioether (sulfide) groups is 2. The Morgan fingerprint density at radius 1 is 1.12 bits per heavy atom. The number of halogens is 1. The molecule has 2 aromatic carbocycles. The number of aromatic amines is 1. The first-order valence-corrected chi connectivity index (χ1v) is 10.5. The molecule has 1 amide bonds. The van der Waals surface area contributed by atoms with Crippen LogP contribution in [0.2, 0.25) is 5.02 Å². The van der Waals surface area contributed by atoms with Crippen molar-refractivity contribution in [3.63, 3.8) is 0 Å². The van der Waals surface area contributed by atoms with E-state index in [1.54, 1.807) is 6.07 Å². The number of hydrogen-bond donors (Lipinski definition) is 2. The Morgan fingerprint density at radius 3 is 2.58 bits per heavy atom.